The maximum atomic E-state index is 13.0. The molecule has 0 atom stereocenters. The molecule has 0 aliphatic carbocycles. The van der Waals surface area contributed by atoms with Crippen LogP contribution in [0.15, 0.2) is 58.4 Å². The summed E-state index contributed by atoms with van der Waals surface area (Å²) in [7, 11) is 0. The van der Waals surface area contributed by atoms with Crippen LogP contribution < -0.4 is 21.3 Å². The normalized spacial score (nSPS) is 11.0. The van der Waals surface area contributed by atoms with Crippen molar-refractivity contribution < 1.29 is 9.53 Å². The summed E-state index contributed by atoms with van der Waals surface area (Å²) < 4.78 is 7.89. The van der Waals surface area contributed by atoms with Gasteiger partial charge in [0.2, 0.25) is 5.88 Å². The van der Waals surface area contributed by atoms with Gasteiger partial charge in [-0.2, -0.15) is 0 Å². The third-order valence-electron chi connectivity index (χ3n) is 5.02. The second kappa shape index (κ2) is 9.60. The third-order valence-corrected chi connectivity index (χ3v) is 6.48. The Kier molecular flexibility index (Phi) is 6.62. The lowest BCUT2D eigenvalue weighted by Crippen LogP contribution is -2.38. The molecule has 0 aliphatic heterocycles. The number of aromatic nitrogens is 3. The van der Waals surface area contributed by atoms with Gasteiger partial charge in [0.05, 0.1) is 13.2 Å². The molecule has 1 aromatic carbocycles. The number of hydrogen-bond donors (Lipinski definition) is 1. The number of ether oxygens (including phenoxy) is 1. The second-order valence-electron chi connectivity index (χ2n) is 7.31. The van der Waals surface area contributed by atoms with Crippen LogP contribution in [0.25, 0.3) is 4.83 Å². The summed E-state index contributed by atoms with van der Waals surface area (Å²) in [6.07, 6.45) is 3.09. The van der Waals surface area contributed by atoms with Crippen LogP contribution in [-0.2, 0) is 13.1 Å². The van der Waals surface area contributed by atoms with Crippen LogP contribution in [0, 0.1) is 6.92 Å². The first-order chi connectivity index (χ1) is 15.9. The van der Waals surface area contributed by atoms with Gasteiger partial charge in [-0.15, -0.1) is 11.3 Å². The van der Waals surface area contributed by atoms with Gasteiger partial charge >= 0.3 is 5.69 Å². The average Bonchev–Trinajstić information content (AvgIpc) is 3.27. The molecule has 4 rings (SSSR count). The first-order valence-electron chi connectivity index (χ1n) is 10.2. The largest absolute Gasteiger partial charge is 0.478 e. The Labute approximate surface area is 198 Å². The molecule has 0 saturated carbocycles. The number of hydrogen-bond acceptors (Lipinski definition) is 6. The van der Waals surface area contributed by atoms with E-state index in [-0.39, 0.29) is 24.6 Å². The van der Waals surface area contributed by atoms with Crippen molar-refractivity contribution in [1.82, 2.24) is 19.3 Å². The van der Waals surface area contributed by atoms with E-state index in [1.165, 1.54) is 10.6 Å². The average molecular weight is 485 g/mol. The predicted molar refractivity (Wildman–Crippen MR) is 128 cm³/mol. The number of nitrogens with one attached hydrogen (secondary N) is 1. The molecule has 8 nitrogen and oxygen atoms in total. The number of carbonyl (C=O) groups excluding carboxylic acids is 1. The van der Waals surface area contributed by atoms with Crippen LogP contribution in [-0.4, -0.2) is 26.5 Å². The van der Waals surface area contributed by atoms with Crippen molar-refractivity contribution in [2.75, 3.05) is 6.61 Å². The fourth-order valence-corrected chi connectivity index (χ4v) is 4.47. The molecule has 33 heavy (non-hydrogen) atoms. The Morgan fingerprint density at radius 3 is 2.67 bits per heavy atom. The van der Waals surface area contributed by atoms with Crippen LogP contribution in [0.2, 0.25) is 5.02 Å². The number of amides is 1. The first-order valence-corrected chi connectivity index (χ1v) is 11.4. The summed E-state index contributed by atoms with van der Waals surface area (Å²) in [5.74, 6) is 0.149. The highest BCUT2D eigenvalue weighted by atomic mass is 35.5. The van der Waals surface area contributed by atoms with Gasteiger partial charge in [-0.05, 0) is 43.2 Å². The van der Waals surface area contributed by atoms with Crippen LogP contribution in [0.3, 0.4) is 0 Å². The maximum Gasteiger partial charge on any atom is 0.336 e. The zero-order chi connectivity index (χ0) is 23.5. The molecule has 0 fully saturated rings. The first kappa shape index (κ1) is 22.8. The zero-order valence-electron chi connectivity index (χ0n) is 18.0. The van der Waals surface area contributed by atoms with Crippen molar-refractivity contribution in [2.45, 2.75) is 26.9 Å². The number of aryl methyl sites for hydroxylation is 1. The molecule has 0 unspecified atom stereocenters. The minimum Gasteiger partial charge on any atom is -0.478 e. The van der Waals surface area contributed by atoms with Gasteiger partial charge in [-0.3, -0.25) is 18.6 Å². The van der Waals surface area contributed by atoms with Crippen molar-refractivity contribution in [2.24, 2.45) is 0 Å². The second-order valence-corrected chi connectivity index (χ2v) is 8.78. The third kappa shape index (κ3) is 4.84. The molecule has 0 bridgehead atoms. The molecule has 1 N–H and O–H groups in total. The Balaban J connectivity index is 1.60. The fraction of sp³-hybridized carbons (Fsp3) is 0.217. The summed E-state index contributed by atoms with van der Waals surface area (Å²) in [5, 5.41) is 3.41. The van der Waals surface area contributed by atoms with E-state index in [4.69, 9.17) is 16.3 Å². The van der Waals surface area contributed by atoms with Gasteiger partial charge in [0.25, 0.3) is 11.5 Å². The summed E-state index contributed by atoms with van der Waals surface area (Å²) >= 11 is 7.03. The number of rotatable bonds is 7. The fourth-order valence-electron chi connectivity index (χ4n) is 3.34. The number of nitrogens with zero attached hydrogens (tertiary/aromatic N) is 3. The Hall–Kier alpha value is -3.43. The van der Waals surface area contributed by atoms with E-state index in [1.807, 2.05) is 6.92 Å². The van der Waals surface area contributed by atoms with Crippen molar-refractivity contribution in [1.29, 1.82) is 0 Å². The van der Waals surface area contributed by atoms with Crippen molar-refractivity contribution >= 4 is 33.7 Å². The summed E-state index contributed by atoms with van der Waals surface area (Å²) in [6.45, 7) is 4.40. The molecule has 10 heteroatoms. The molecule has 0 saturated heterocycles. The van der Waals surface area contributed by atoms with Crippen LogP contribution in [0.4, 0.5) is 0 Å². The molecule has 3 aromatic heterocycles. The lowest BCUT2D eigenvalue weighted by Gasteiger charge is -2.07. The molecule has 3 heterocycles. The highest BCUT2D eigenvalue weighted by Crippen LogP contribution is 2.19. The van der Waals surface area contributed by atoms with Crippen molar-refractivity contribution in [3.8, 4) is 5.88 Å². The van der Waals surface area contributed by atoms with Gasteiger partial charge in [0.1, 0.15) is 9.71 Å². The SMILES string of the molecule is CCOc1cc(CNC(=O)c2cn3c(=O)n(Cc4ccc(Cl)cc4)c(=O)c(C)c3s2)ccn1. The van der Waals surface area contributed by atoms with Gasteiger partial charge < -0.3 is 10.1 Å². The van der Waals surface area contributed by atoms with E-state index in [0.29, 0.717) is 32.8 Å². The van der Waals surface area contributed by atoms with Crippen LogP contribution in [0.1, 0.15) is 33.3 Å². The van der Waals surface area contributed by atoms with Gasteiger partial charge in [0, 0.05) is 35.6 Å². The molecule has 0 aliphatic rings. The van der Waals surface area contributed by atoms with E-state index in [0.717, 1.165) is 27.0 Å². The van der Waals surface area contributed by atoms with Crippen LogP contribution in [0.5, 0.6) is 5.88 Å². The Morgan fingerprint density at radius 1 is 1.18 bits per heavy atom. The Bertz CT molecular complexity index is 1440. The number of halogens is 1. The predicted octanol–water partition coefficient (Wildman–Crippen LogP) is 3.26. The highest BCUT2D eigenvalue weighted by Gasteiger charge is 2.17. The molecule has 1 amide bonds. The smallest absolute Gasteiger partial charge is 0.336 e. The van der Waals surface area contributed by atoms with Gasteiger partial charge in [-0.25, -0.2) is 9.78 Å². The molecule has 0 spiro atoms. The number of benzene rings is 1. The van der Waals surface area contributed by atoms with E-state index in [2.05, 4.69) is 10.3 Å². The molecular formula is C23H21ClN4O4S. The van der Waals surface area contributed by atoms with Gasteiger partial charge in [-0.1, -0.05) is 23.7 Å². The zero-order valence-corrected chi connectivity index (χ0v) is 19.6. The molecule has 0 radical (unpaired) electrons. The van der Waals surface area contributed by atoms with E-state index in [9.17, 15) is 14.4 Å². The topological polar surface area (TPSA) is 94.7 Å². The number of thiazole rings is 1. The molecule has 4 aromatic rings. The van der Waals surface area contributed by atoms with E-state index in [1.54, 1.807) is 49.5 Å². The number of pyridine rings is 1. The lowest BCUT2D eigenvalue weighted by atomic mass is 10.2. The minimum absolute atomic E-state index is 0.111. The highest BCUT2D eigenvalue weighted by molar-refractivity contribution is 7.19. The standard InChI is InChI=1S/C23H21ClN4O4S/c1-3-32-19-10-16(8-9-25-19)11-26-20(29)18-13-28-22(33-18)14(2)21(30)27(23(28)31)12-15-4-6-17(24)7-5-15/h4-10,13H,3,11-12H2,1-2H3,(H,26,29). The lowest BCUT2D eigenvalue weighted by molar-refractivity contribution is 0.0954. The van der Waals surface area contributed by atoms with E-state index >= 15 is 0 Å². The summed E-state index contributed by atoms with van der Waals surface area (Å²) in [5.41, 5.74) is 1.13. The van der Waals surface area contributed by atoms with Gasteiger partial charge in [0.15, 0.2) is 0 Å². The summed E-state index contributed by atoms with van der Waals surface area (Å²) in [6, 6.07) is 10.5. The molecule has 170 valence electrons. The van der Waals surface area contributed by atoms with Crippen molar-refractivity contribution in [3.05, 3.63) is 96.2 Å². The number of fused-ring (bicyclic) bond motifs is 1. The van der Waals surface area contributed by atoms with E-state index < -0.39 is 5.69 Å². The quantitative estimate of drug-likeness (QED) is 0.434. The van der Waals surface area contributed by atoms with Crippen molar-refractivity contribution in [3.63, 3.8) is 0 Å². The Morgan fingerprint density at radius 2 is 1.94 bits per heavy atom. The molecular weight excluding hydrogens is 464 g/mol. The number of carbonyl (C=O) groups is 1. The minimum atomic E-state index is -0.499. The summed E-state index contributed by atoms with van der Waals surface area (Å²) in [4.78, 5) is 43.5. The maximum absolute atomic E-state index is 13.0. The van der Waals surface area contributed by atoms with Crippen LogP contribution >= 0.6 is 22.9 Å². The monoisotopic (exact) mass is 484 g/mol.